The summed E-state index contributed by atoms with van der Waals surface area (Å²) in [4.78, 5) is 28.0. The Labute approximate surface area is 219 Å². The third kappa shape index (κ3) is 6.26. The number of nitrogens with zero attached hydrogens (tertiary/aromatic N) is 5. The Hall–Kier alpha value is -3.93. The molecule has 1 aliphatic heterocycles. The predicted molar refractivity (Wildman–Crippen MR) is 152 cm³/mol. The van der Waals surface area contributed by atoms with Gasteiger partial charge in [-0.3, -0.25) is 9.69 Å². The van der Waals surface area contributed by atoms with Crippen LogP contribution in [0, 0.1) is 11.8 Å². The lowest BCUT2D eigenvalue weighted by Crippen LogP contribution is -2.53. The lowest BCUT2D eigenvalue weighted by molar-refractivity contribution is -0.111. The number of piperazine rings is 1. The summed E-state index contributed by atoms with van der Waals surface area (Å²) >= 11 is 0. The van der Waals surface area contributed by atoms with E-state index >= 15 is 0 Å². The number of amides is 1. The monoisotopic (exact) mass is 497 g/mol. The van der Waals surface area contributed by atoms with E-state index in [0.29, 0.717) is 17.1 Å². The van der Waals surface area contributed by atoms with Crippen LogP contribution in [0.4, 0.5) is 22.9 Å². The molecule has 0 aliphatic carbocycles. The summed E-state index contributed by atoms with van der Waals surface area (Å²) in [6.07, 6.45) is 2.79. The van der Waals surface area contributed by atoms with Gasteiger partial charge in [0.05, 0.1) is 22.3 Å². The van der Waals surface area contributed by atoms with Crippen LogP contribution in [-0.4, -0.2) is 78.5 Å². The fourth-order valence-electron chi connectivity index (χ4n) is 4.24. The van der Waals surface area contributed by atoms with Gasteiger partial charge in [-0.2, -0.15) is 0 Å². The van der Waals surface area contributed by atoms with Crippen molar-refractivity contribution in [3.8, 4) is 11.8 Å². The number of fused-ring (bicyclic) bond motifs is 1. The van der Waals surface area contributed by atoms with Gasteiger partial charge in [0, 0.05) is 57.0 Å². The molecule has 37 heavy (non-hydrogen) atoms. The lowest BCUT2D eigenvalue weighted by Gasteiger charge is -2.40. The second-order valence-electron chi connectivity index (χ2n) is 10.00. The molecule has 2 aromatic carbocycles. The molecule has 0 spiro atoms. The van der Waals surface area contributed by atoms with Crippen molar-refractivity contribution in [3.63, 3.8) is 0 Å². The number of anilines is 4. The molecule has 2 heterocycles. The standard InChI is InChI=1S/C29H35N7O/c1-7-27(37)33-25-19-24-26(18-21(25)12-13-29(2,3)36-16-14-35(6)15-17-36)30-20-31-28(24)32-22-8-10-23(11-9-22)34(4)5/h7-11,18-20H,1,14-17H2,2-6H3,(H,33,37)(H,30,31,32). The van der Waals surface area contributed by atoms with Crippen molar-refractivity contribution in [2.75, 3.05) is 62.9 Å². The number of carbonyl (C=O) groups excluding carboxylic acids is 1. The number of hydrogen-bond donors (Lipinski definition) is 2. The van der Waals surface area contributed by atoms with Crippen LogP contribution in [0.1, 0.15) is 19.4 Å². The number of aromatic nitrogens is 2. The average molecular weight is 498 g/mol. The van der Waals surface area contributed by atoms with Crippen LogP contribution in [0.5, 0.6) is 0 Å². The molecule has 1 saturated heterocycles. The zero-order valence-corrected chi connectivity index (χ0v) is 22.3. The third-order valence-corrected chi connectivity index (χ3v) is 6.66. The van der Waals surface area contributed by atoms with Crippen molar-refractivity contribution in [2.24, 2.45) is 0 Å². The molecule has 0 atom stereocenters. The van der Waals surface area contributed by atoms with Crippen LogP contribution in [0.2, 0.25) is 0 Å². The fourth-order valence-corrected chi connectivity index (χ4v) is 4.24. The lowest BCUT2D eigenvalue weighted by atomic mass is 10.0. The molecule has 0 bridgehead atoms. The molecule has 1 aliphatic rings. The molecule has 1 amide bonds. The van der Waals surface area contributed by atoms with E-state index in [1.54, 1.807) is 0 Å². The van der Waals surface area contributed by atoms with E-state index in [2.05, 4.69) is 69.7 Å². The minimum Gasteiger partial charge on any atom is -0.378 e. The molecule has 1 aromatic heterocycles. The smallest absolute Gasteiger partial charge is 0.247 e. The van der Waals surface area contributed by atoms with E-state index < -0.39 is 0 Å². The highest BCUT2D eigenvalue weighted by molar-refractivity contribution is 6.03. The summed E-state index contributed by atoms with van der Waals surface area (Å²) < 4.78 is 0. The van der Waals surface area contributed by atoms with Crippen molar-refractivity contribution in [1.82, 2.24) is 19.8 Å². The molecule has 8 nitrogen and oxygen atoms in total. The second kappa shape index (κ2) is 11.0. The molecular weight excluding hydrogens is 462 g/mol. The van der Waals surface area contributed by atoms with Gasteiger partial charge in [0.2, 0.25) is 5.91 Å². The van der Waals surface area contributed by atoms with Gasteiger partial charge in [-0.25, -0.2) is 9.97 Å². The van der Waals surface area contributed by atoms with E-state index in [9.17, 15) is 4.79 Å². The average Bonchev–Trinajstić information content (AvgIpc) is 2.88. The Morgan fingerprint density at radius 2 is 1.81 bits per heavy atom. The first-order valence-corrected chi connectivity index (χ1v) is 12.4. The summed E-state index contributed by atoms with van der Waals surface area (Å²) in [6.45, 7) is 11.8. The zero-order chi connectivity index (χ0) is 26.6. The quantitative estimate of drug-likeness (QED) is 0.395. The first-order valence-electron chi connectivity index (χ1n) is 12.4. The minimum absolute atomic E-state index is 0.300. The van der Waals surface area contributed by atoms with Gasteiger partial charge in [-0.05, 0) is 63.4 Å². The van der Waals surface area contributed by atoms with Crippen LogP contribution in [0.25, 0.3) is 10.9 Å². The Kier molecular flexibility index (Phi) is 7.77. The highest BCUT2D eigenvalue weighted by atomic mass is 16.1. The number of rotatable bonds is 6. The van der Waals surface area contributed by atoms with Crippen LogP contribution < -0.4 is 15.5 Å². The van der Waals surface area contributed by atoms with E-state index in [0.717, 1.165) is 48.5 Å². The molecule has 3 aromatic rings. The molecule has 0 unspecified atom stereocenters. The molecule has 192 valence electrons. The maximum atomic E-state index is 12.3. The van der Waals surface area contributed by atoms with Gasteiger partial charge in [-0.1, -0.05) is 18.4 Å². The first-order chi connectivity index (χ1) is 17.7. The van der Waals surface area contributed by atoms with Gasteiger partial charge < -0.3 is 20.4 Å². The second-order valence-corrected chi connectivity index (χ2v) is 10.00. The number of nitrogens with one attached hydrogen (secondary N) is 2. The Bertz CT molecular complexity index is 1340. The summed E-state index contributed by atoms with van der Waals surface area (Å²) in [6, 6.07) is 11.9. The van der Waals surface area contributed by atoms with Crippen LogP contribution >= 0.6 is 0 Å². The predicted octanol–water partition coefficient (Wildman–Crippen LogP) is 3.94. The van der Waals surface area contributed by atoms with Crippen molar-refractivity contribution in [3.05, 3.63) is 60.9 Å². The third-order valence-electron chi connectivity index (χ3n) is 6.66. The van der Waals surface area contributed by atoms with Gasteiger partial charge in [-0.15, -0.1) is 0 Å². The maximum absolute atomic E-state index is 12.3. The van der Waals surface area contributed by atoms with Gasteiger partial charge in [0.1, 0.15) is 12.1 Å². The normalized spacial score (nSPS) is 14.5. The minimum atomic E-state index is -0.312. The molecule has 0 saturated carbocycles. The van der Waals surface area contributed by atoms with Crippen molar-refractivity contribution < 1.29 is 4.79 Å². The maximum Gasteiger partial charge on any atom is 0.247 e. The van der Waals surface area contributed by atoms with E-state index in [1.165, 1.54) is 12.4 Å². The van der Waals surface area contributed by atoms with Crippen molar-refractivity contribution in [2.45, 2.75) is 19.4 Å². The first kappa shape index (κ1) is 26.1. The Morgan fingerprint density at radius 3 is 2.46 bits per heavy atom. The molecule has 2 N–H and O–H groups in total. The molecule has 8 heteroatoms. The van der Waals surface area contributed by atoms with E-state index in [-0.39, 0.29) is 11.4 Å². The van der Waals surface area contributed by atoms with Crippen LogP contribution in [0.3, 0.4) is 0 Å². The summed E-state index contributed by atoms with van der Waals surface area (Å²) in [5.74, 6) is 7.12. The van der Waals surface area contributed by atoms with Crippen molar-refractivity contribution >= 4 is 39.7 Å². The van der Waals surface area contributed by atoms with E-state index in [4.69, 9.17) is 0 Å². The summed E-state index contributed by atoms with van der Waals surface area (Å²) in [5, 5.41) is 7.08. The molecule has 4 rings (SSSR count). The number of carbonyl (C=O) groups is 1. The topological polar surface area (TPSA) is 76.6 Å². The summed E-state index contributed by atoms with van der Waals surface area (Å²) in [7, 11) is 6.15. The highest BCUT2D eigenvalue weighted by Crippen LogP contribution is 2.29. The number of likely N-dealkylation sites (N-methyl/N-ethyl adjacent to an activating group) is 1. The molecule has 1 fully saturated rings. The van der Waals surface area contributed by atoms with Gasteiger partial charge in [0.25, 0.3) is 0 Å². The number of benzene rings is 2. The Morgan fingerprint density at radius 1 is 1.11 bits per heavy atom. The number of hydrogen-bond acceptors (Lipinski definition) is 7. The molecule has 0 radical (unpaired) electrons. The Balaban J connectivity index is 1.70. The fraction of sp³-hybridized carbons (Fsp3) is 0.345. The zero-order valence-electron chi connectivity index (χ0n) is 22.3. The SMILES string of the molecule is C=CC(=O)Nc1cc2c(Nc3ccc(N(C)C)cc3)ncnc2cc1C#CC(C)(C)N1CCN(C)CC1. The van der Waals surface area contributed by atoms with Gasteiger partial charge >= 0.3 is 0 Å². The van der Waals surface area contributed by atoms with Crippen LogP contribution in [0.15, 0.2) is 55.4 Å². The molecular formula is C29H35N7O. The highest BCUT2D eigenvalue weighted by Gasteiger charge is 2.27. The summed E-state index contributed by atoms with van der Waals surface area (Å²) in [5.41, 5.74) is 3.73. The largest absolute Gasteiger partial charge is 0.378 e. The van der Waals surface area contributed by atoms with Gasteiger partial charge in [0.15, 0.2) is 0 Å². The van der Waals surface area contributed by atoms with Crippen molar-refractivity contribution in [1.29, 1.82) is 0 Å². The van der Waals surface area contributed by atoms with E-state index in [1.807, 2.05) is 55.4 Å². The van der Waals surface area contributed by atoms with Crippen LogP contribution in [-0.2, 0) is 4.79 Å².